The zero-order valence-electron chi connectivity index (χ0n) is 44.7. The Morgan fingerprint density at radius 1 is 0.392 bits per heavy atom. The van der Waals surface area contributed by atoms with Crippen LogP contribution in [0.1, 0.15) is 134 Å². The number of fused-ring (bicyclic) bond motifs is 3. The highest BCUT2D eigenvalue weighted by Gasteiger charge is 2.53. The topological polar surface area (TPSA) is 40.6 Å². The monoisotopic (exact) mass is 975 g/mol. The lowest BCUT2D eigenvalue weighted by Crippen LogP contribution is -2.43. The first kappa shape index (κ1) is 51.6. The number of Topliss-reactive ketones (excluding diaryl/α,β-unsaturated/α-hetero) is 2. The summed E-state index contributed by atoms with van der Waals surface area (Å²) in [5.74, 6) is 0.0558. The average molecular weight is 975 g/mol. The van der Waals surface area contributed by atoms with Crippen LogP contribution < -0.4 is 9.80 Å². The Hall–Kier alpha value is -7.30. The first-order valence-corrected chi connectivity index (χ1v) is 27.5. The van der Waals surface area contributed by atoms with Crippen molar-refractivity contribution in [3.63, 3.8) is 0 Å². The van der Waals surface area contributed by atoms with Crippen LogP contribution in [-0.2, 0) is 20.4 Å². The van der Waals surface area contributed by atoms with Gasteiger partial charge in [-0.05, 0) is 160 Å². The van der Waals surface area contributed by atoms with Crippen molar-refractivity contribution in [1.82, 2.24) is 0 Å². The number of hydrogen-bond donors (Lipinski definition) is 0. The standard InChI is InChI=1S/C70H74N2O2/c1-7-9-11-13-21-27-67(73)70(68(74)28-22-14-12-10-8-2)65-49-54(52-31-41-60(42-32-52)71(57-23-17-15-18-24-57)59-39-29-51(3)30-40-59)35-47-63(65)64-48-36-55(50-66(64)70)53-33-43-61(44-34-53)72(58-25-19-16-20-26-58)62-45-37-56(38-46-62)69(4,5)6/h15-20,23-26,29-50H,7-14,21-22,27-28H2,1-6H3. The van der Waals surface area contributed by atoms with Gasteiger partial charge >= 0.3 is 0 Å². The number of rotatable bonds is 22. The van der Waals surface area contributed by atoms with Gasteiger partial charge in [-0.25, -0.2) is 0 Å². The minimum atomic E-state index is -1.41. The molecule has 0 bridgehead atoms. The maximum Gasteiger partial charge on any atom is 0.155 e. The van der Waals surface area contributed by atoms with Crippen LogP contribution in [0.15, 0.2) is 194 Å². The van der Waals surface area contributed by atoms with E-state index in [2.05, 4.69) is 239 Å². The fraction of sp³-hybridized carbons (Fsp3) is 0.286. The molecule has 0 radical (unpaired) electrons. The third-order valence-corrected chi connectivity index (χ3v) is 15.2. The summed E-state index contributed by atoms with van der Waals surface area (Å²) >= 11 is 0. The van der Waals surface area contributed by atoms with Crippen LogP contribution in [0.5, 0.6) is 0 Å². The first-order chi connectivity index (χ1) is 36.0. The van der Waals surface area contributed by atoms with Gasteiger partial charge in [0, 0.05) is 47.0 Å². The number of ketones is 2. The van der Waals surface area contributed by atoms with E-state index in [0.29, 0.717) is 12.8 Å². The van der Waals surface area contributed by atoms with Gasteiger partial charge in [-0.3, -0.25) is 9.59 Å². The Morgan fingerprint density at radius 2 is 0.730 bits per heavy atom. The normalized spacial score (nSPS) is 12.5. The summed E-state index contributed by atoms with van der Waals surface area (Å²) in [6.45, 7) is 13.3. The highest BCUT2D eigenvalue weighted by Crippen LogP contribution is 2.54. The molecule has 1 aliphatic rings. The summed E-state index contributed by atoms with van der Waals surface area (Å²) in [7, 11) is 0. The van der Waals surface area contributed by atoms with Gasteiger partial charge in [-0.15, -0.1) is 0 Å². The van der Waals surface area contributed by atoms with Crippen molar-refractivity contribution in [3.8, 4) is 33.4 Å². The van der Waals surface area contributed by atoms with Gasteiger partial charge in [0.2, 0.25) is 0 Å². The number of hydrogen-bond acceptors (Lipinski definition) is 4. The second-order valence-corrected chi connectivity index (χ2v) is 21.5. The molecule has 1 aliphatic carbocycles. The number of unbranched alkanes of at least 4 members (excludes halogenated alkanes) is 8. The number of nitrogens with zero attached hydrogens (tertiary/aromatic N) is 2. The summed E-state index contributed by atoms with van der Waals surface area (Å²) in [4.78, 5) is 35.9. The average Bonchev–Trinajstić information content (AvgIpc) is 3.73. The second-order valence-electron chi connectivity index (χ2n) is 21.5. The Morgan fingerprint density at radius 3 is 1.11 bits per heavy atom. The van der Waals surface area contributed by atoms with Crippen molar-refractivity contribution >= 4 is 45.7 Å². The number of benzene rings is 8. The predicted octanol–water partition coefficient (Wildman–Crippen LogP) is 19.7. The number of carbonyl (C=O) groups is 2. The predicted molar refractivity (Wildman–Crippen MR) is 313 cm³/mol. The molecule has 0 aliphatic heterocycles. The van der Waals surface area contributed by atoms with Crippen LogP contribution >= 0.6 is 0 Å². The fourth-order valence-corrected chi connectivity index (χ4v) is 11.1. The van der Waals surface area contributed by atoms with Crippen molar-refractivity contribution in [2.45, 2.75) is 129 Å². The molecule has 4 heteroatoms. The summed E-state index contributed by atoms with van der Waals surface area (Å²) in [5.41, 5.74) is 15.3. The molecule has 0 unspecified atom stereocenters. The Balaban J connectivity index is 1.12. The molecular weight excluding hydrogens is 901 g/mol. The Kier molecular flexibility index (Phi) is 16.2. The van der Waals surface area contributed by atoms with Crippen LogP contribution in [-0.4, -0.2) is 11.6 Å². The summed E-state index contributed by atoms with van der Waals surface area (Å²) < 4.78 is 0. The van der Waals surface area contributed by atoms with Gasteiger partial charge in [0.1, 0.15) is 5.41 Å². The lowest BCUT2D eigenvalue weighted by atomic mass is 9.68. The van der Waals surface area contributed by atoms with E-state index in [9.17, 15) is 0 Å². The molecule has 0 saturated heterocycles. The fourth-order valence-electron chi connectivity index (χ4n) is 11.1. The quantitative estimate of drug-likeness (QED) is 0.0501. The molecular formula is C70H74N2O2. The van der Waals surface area contributed by atoms with Crippen LogP contribution in [0.4, 0.5) is 34.1 Å². The molecule has 0 fully saturated rings. The molecule has 376 valence electrons. The molecule has 4 nitrogen and oxygen atoms in total. The minimum absolute atomic E-state index is 0.0279. The number of aryl methyl sites for hydroxylation is 1. The molecule has 0 saturated carbocycles. The van der Waals surface area contributed by atoms with Crippen LogP contribution in [0, 0.1) is 6.92 Å². The van der Waals surface area contributed by atoms with E-state index in [0.717, 1.165) is 143 Å². The van der Waals surface area contributed by atoms with Gasteiger partial charge in [0.15, 0.2) is 11.6 Å². The van der Waals surface area contributed by atoms with Crippen molar-refractivity contribution in [2.75, 3.05) is 9.80 Å². The molecule has 8 aromatic carbocycles. The molecule has 0 aromatic heterocycles. The molecule has 0 atom stereocenters. The molecule has 0 amide bonds. The van der Waals surface area contributed by atoms with E-state index in [4.69, 9.17) is 0 Å². The van der Waals surface area contributed by atoms with E-state index in [1.807, 2.05) is 6.07 Å². The van der Waals surface area contributed by atoms with Crippen molar-refractivity contribution < 1.29 is 9.59 Å². The molecule has 74 heavy (non-hydrogen) atoms. The van der Waals surface area contributed by atoms with Gasteiger partial charge < -0.3 is 9.80 Å². The summed E-state index contributed by atoms with van der Waals surface area (Å²) in [6, 6.07) is 69.1. The maximum absolute atomic E-state index is 15.6. The zero-order valence-corrected chi connectivity index (χ0v) is 44.7. The number of anilines is 6. The largest absolute Gasteiger partial charge is 0.311 e. The maximum atomic E-state index is 15.6. The Labute approximate surface area is 442 Å². The molecule has 8 aromatic rings. The van der Waals surface area contributed by atoms with Crippen LogP contribution in [0.2, 0.25) is 0 Å². The van der Waals surface area contributed by atoms with Crippen LogP contribution in [0.3, 0.4) is 0 Å². The van der Waals surface area contributed by atoms with Gasteiger partial charge in [0.05, 0.1) is 0 Å². The zero-order chi connectivity index (χ0) is 51.7. The van der Waals surface area contributed by atoms with Crippen molar-refractivity contribution in [1.29, 1.82) is 0 Å². The van der Waals surface area contributed by atoms with E-state index in [1.165, 1.54) is 11.1 Å². The van der Waals surface area contributed by atoms with E-state index in [1.54, 1.807) is 0 Å². The van der Waals surface area contributed by atoms with Crippen molar-refractivity contribution in [3.05, 3.63) is 216 Å². The summed E-state index contributed by atoms with van der Waals surface area (Å²) in [5, 5.41) is 0. The highest BCUT2D eigenvalue weighted by atomic mass is 16.2. The van der Waals surface area contributed by atoms with Crippen molar-refractivity contribution in [2.24, 2.45) is 0 Å². The SMILES string of the molecule is CCCCCCCC(=O)C1(C(=O)CCCCCCC)c2cc(-c3ccc(N(c4ccccc4)c4ccc(C)cc4)cc3)ccc2-c2ccc(-c3ccc(N(c4ccccc4)c4ccc(C(C)(C)C)cc4)cc3)cc21. The minimum Gasteiger partial charge on any atom is -0.311 e. The van der Waals surface area contributed by atoms with Gasteiger partial charge in [-0.1, -0.05) is 201 Å². The lowest BCUT2D eigenvalue weighted by Gasteiger charge is -2.30. The molecule has 0 heterocycles. The first-order valence-electron chi connectivity index (χ1n) is 27.5. The highest BCUT2D eigenvalue weighted by molar-refractivity contribution is 6.20. The lowest BCUT2D eigenvalue weighted by molar-refractivity contribution is -0.133. The van der Waals surface area contributed by atoms with Gasteiger partial charge in [-0.2, -0.15) is 0 Å². The van der Waals surface area contributed by atoms with E-state index >= 15 is 9.59 Å². The van der Waals surface area contributed by atoms with Crippen LogP contribution in [0.25, 0.3) is 33.4 Å². The third kappa shape index (κ3) is 11.0. The molecule has 0 spiro atoms. The smallest absolute Gasteiger partial charge is 0.155 e. The third-order valence-electron chi connectivity index (χ3n) is 15.2. The number of carbonyl (C=O) groups excluding carboxylic acids is 2. The summed E-state index contributed by atoms with van der Waals surface area (Å²) in [6.07, 6.45) is 11.0. The molecule has 0 N–H and O–H groups in total. The molecule has 9 rings (SSSR count). The van der Waals surface area contributed by atoms with E-state index < -0.39 is 5.41 Å². The second kappa shape index (κ2) is 23.3. The number of para-hydroxylation sites is 2. The van der Waals surface area contributed by atoms with E-state index in [-0.39, 0.29) is 17.0 Å². The Bertz CT molecular complexity index is 3100. The van der Waals surface area contributed by atoms with Gasteiger partial charge in [0.25, 0.3) is 0 Å².